The van der Waals surface area contributed by atoms with Gasteiger partial charge in [0.15, 0.2) is 0 Å². The van der Waals surface area contributed by atoms with E-state index in [1.807, 2.05) is 10.9 Å². The van der Waals surface area contributed by atoms with Crippen molar-refractivity contribution in [2.24, 2.45) is 5.41 Å². The highest BCUT2D eigenvalue weighted by Crippen LogP contribution is 2.42. The van der Waals surface area contributed by atoms with E-state index in [0.717, 1.165) is 6.54 Å². The molecular weight excluding hydrogens is 242 g/mol. The molecule has 4 heteroatoms. The zero-order valence-corrected chi connectivity index (χ0v) is 10.3. The first kappa shape index (κ1) is 10.1. The molecule has 78 valence electrons. The zero-order valence-electron chi connectivity index (χ0n) is 8.70. The average molecular weight is 258 g/mol. The van der Waals surface area contributed by atoms with Crippen molar-refractivity contribution in [2.75, 3.05) is 0 Å². The minimum absolute atomic E-state index is 0.334. The van der Waals surface area contributed by atoms with Gasteiger partial charge in [0.25, 0.3) is 0 Å². The number of aromatic nitrogens is 3. The van der Waals surface area contributed by atoms with E-state index >= 15 is 0 Å². The quantitative estimate of drug-likeness (QED) is 0.780. The SMILES string of the molecule is CC(Br)c1cnnn1CC1(C)CCC1. The van der Waals surface area contributed by atoms with Crippen molar-refractivity contribution < 1.29 is 0 Å². The molecule has 0 amide bonds. The van der Waals surface area contributed by atoms with Gasteiger partial charge < -0.3 is 0 Å². The summed E-state index contributed by atoms with van der Waals surface area (Å²) >= 11 is 3.56. The van der Waals surface area contributed by atoms with Crippen LogP contribution in [-0.2, 0) is 6.54 Å². The Labute approximate surface area is 93.0 Å². The van der Waals surface area contributed by atoms with Gasteiger partial charge in [-0.3, -0.25) is 0 Å². The number of alkyl halides is 1. The molecule has 1 saturated carbocycles. The maximum absolute atomic E-state index is 4.14. The summed E-state index contributed by atoms with van der Waals surface area (Å²) < 4.78 is 2.04. The Hall–Kier alpha value is -0.380. The molecule has 1 fully saturated rings. The van der Waals surface area contributed by atoms with Crippen LogP contribution >= 0.6 is 15.9 Å². The van der Waals surface area contributed by atoms with E-state index < -0.39 is 0 Å². The van der Waals surface area contributed by atoms with Crippen LogP contribution in [0.5, 0.6) is 0 Å². The van der Waals surface area contributed by atoms with E-state index in [1.54, 1.807) is 0 Å². The largest absolute Gasteiger partial charge is 0.248 e. The van der Waals surface area contributed by atoms with E-state index in [9.17, 15) is 0 Å². The molecule has 0 aliphatic heterocycles. The topological polar surface area (TPSA) is 30.7 Å². The van der Waals surface area contributed by atoms with Gasteiger partial charge in [0.05, 0.1) is 16.7 Å². The summed E-state index contributed by atoms with van der Waals surface area (Å²) in [5, 5.41) is 8.11. The van der Waals surface area contributed by atoms with Crippen LogP contribution < -0.4 is 0 Å². The molecule has 3 nitrogen and oxygen atoms in total. The van der Waals surface area contributed by atoms with Crippen LogP contribution in [0.2, 0.25) is 0 Å². The molecule has 1 aliphatic carbocycles. The van der Waals surface area contributed by atoms with E-state index in [1.165, 1.54) is 25.0 Å². The van der Waals surface area contributed by atoms with Gasteiger partial charge in [0, 0.05) is 6.54 Å². The molecule has 2 rings (SSSR count). The minimum Gasteiger partial charge on any atom is -0.248 e. The number of hydrogen-bond donors (Lipinski definition) is 0. The highest BCUT2D eigenvalue weighted by Gasteiger charge is 2.33. The third-order valence-corrected chi connectivity index (χ3v) is 3.62. The summed E-state index contributed by atoms with van der Waals surface area (Å²) in [5.41, 5.74) is 1.64. The van der Waals surface area contributed by atoms with Gasteiger partial charge in [0.2, 0.25) is 0 Å². The lowest BCUT2D eigenvalue weighted by atomic mass is 9.70. The summed E-state index contributed by atoms with van der Waals surface area (Å²) in [6, 6.07) is 0. The highest BCUT2D eigenvalue weighted by atomic mass is 79.9. The normalized spacial score (nSPS) is 21.6. The van der Waals surface area contributed by atoms with Crippen molar-refractivity contribution in [3.8, 4) is 0 Å². The Balaban J connectivity index is 2.12. The summed E-state index contributed by atoms with van der Waals surface area (Å²) in [5.74, 6) is 0. The van der Waals surface area contributed by atoms with Gasteiger partial charge >= 0.3 is 0 Å². The number of rotatable bonds is 3. The maximum atomic E-state index is 4.14. The fraction of sp³-hybridized carbons (Fsp3) is 0.800. The first-order valence-electron chi connectivity index (χ1n) is 5.13. The van der Waals surface area contributed by atoms with Gasteiger partial charge in [-0.2, -0.15) is 0 Å². The third kappa shape index (κ3) is 1.85. The smallest absolute Gasteiger partial charge is 0.0736 e. The molecule has 0 saturated heterocycles. The second-order valence-electron chi connectivity index (χ2n) is 4.60. The second kappa shape index (κ2) is 3.65. The van der Waals surface area contributed by atoms with Crippen LogP contribution in [-0.4, -0.2) is 15.0 Å². The molecule has 0 spiro atoms. The van der Waals surface area contributed by atoms with Crippen molar-refractivity contribution in [1.29, 1.82) is 0 Å². The predicted molar refractivity (Wildman–Crippen MR) is 59.3 cm³/mol. The van der Waals surface area contributed by atoms with Crippen molar-refractivity contribution in [3.63, 3.8) is 0 Å². The molecule has 0 radical (unpaired) electrons. The Morgan fingerprint density at radius 2 is 2.36 bits per heavy atom. The van der Waals surface area contributed by atoms with Gasteiger partial charge in [0.1, 0.15) is 0 Å². The number of halogens is 1. The van der Waals surface area contributed by atoms with Gasteiger partial charge in [-0.1, -0.05) is 34.5 Å². The van der Waals surface area contributed by atoms with Gasteiger partial charge in [-0.15, -0.1) is 5.10 Å². The molecule has 0 aromatic carbocycles. The Morgan fingerprint density at radius 1 is 1.64 bits per heavy atom. The Morgan fingerprint density at radius 3 is 2.86 bits per heavy atom. The molecule has 1 aromatic heterocycles. The maximum Gasteiger partial charge on any atom is 0.0736 e. The first-order valence-corrected chi connectivity index (χ1v) is 6.05. The standard InChI is InChI=1S/C10H16BrN3/c1-8(11)9-6-12-13-14(9)7-10(2)4-3-5-10/h6,8H,3-5,7H2,1-2H3. The van der Waals surface area contributed by atoms with Gasteiger partial charge in [-0.05, 0) is 25.2 Å². The van der Waals surface area contributed by atoms with Crippen LogP contribution in [0.1, 0.15) is 43.6 Å². The summed E-state index contributed by atoms with van der Waals surface area (Å²) in [7, 11) is 0. The van der Waals surface area contributed by atoms with E-state index in [-0.39, 0.29) is 0 Å². The van der Waals surface area contributed by atoms with Crippen LogP contribution in [0.15, 0.2) is 6.20 Å². The second-order valence-corrected chi connectivity index (χ2v) is 5.97. The fourth-order valence-corrected chi connectivity index (χ4v) is 2.35. The Kier molecular flexibility index (Phi) is 2.64. The lowest BCUT2D eigenvalue weighted by Gasteiger charge is -2.38. The van der Waals surface area contributed by atoms with Gasteiger partial charge in [-0.25, -0.2) is 4.68 Å². The van der Waals surface area contributed by atoms with Crippen LogP contribution in [0.3, 0.4) is 0 Å². The lowest BCUT2D eigenvalue weighted by molar-refractivity contribution is 0.123. The molecule has 14 heavy (non-hydrogen) atoms. The summed E-state index contributed by atoms with van der Waals surface area (Å²) in [4.78, 5) is 0.334. The van der Waals surface area contributed by atoms with E-state index in [4.69, 9.17) is 0 Å². The van der Waals surface area contributed by atoms with E-state index in [0.29, 0.717) is 10.2 Å². The fourth-order valence-electron chi connectivity index (χ4n) is 2.00. The summed E-state index contributed by atoms with van der Waals surface area (Å²) in [6.45, 7) is 5.46. The molecule has 1 unspecified atom stereocenters. The van der Waals surface area contributed by atoms with Crippen molar-refractivity contribution >= 4 is 15.9 Å². The van der Waals surface area contributed by atoms with E-state index in [2.05, 4.69) is 40.1 Å². The Bertz CT molecular complexity index is 315. The van der Waals surface area contributed by atoms with Crippen LogP contribution in [0.4, 0.5) is 0 Å². The minimum atomic E-state index is 0.334. The van der Waals surface area contributed by atoms with Crippen molar-refractivity contribution in [3.05, 3.63) is 11.9 Å². The molecule has 1 aliphatic rings. The monoisotopic (exact) mass is 257 g/mol. The molecule has 0 bridgehead atoms. The molecule has 0 N–H and O–H groups in total. The summed E-state index contributed by atoms with van der Waals surface area (Å²) in [6.07, 6.45) is 5.86. The van der Waals surface area contributed by atoms with Crippen LogP contribution in [0.25, 0.3) is 0 Å². The zero-order chi connectivity index (χ0) is 10.2. The van der Waals surface area contributed by atoms with Crippen molar-refractivity contribution in [2.45, 2.75) is 44.5 Å². The molecular formula is C10H16BrN3. The predicted octanol–water partition coefficient (Wildman–Crippen LogP) is 2.92. The molecule has 1 atom stereocenters. The van der Waals surface area contributed by atoms with Crippen LogP contribution in [0, 0.1) is 5.41 Å². The number of hydrogen-bond acceptors (Lipinski definition) is 2. The highest BCUT2D eigenvalue weighted by molar-refractivity contribution is 9.09. The van der Waals surface area contributed by atoms with Crippen molar-refractivity contribution in [1.82, 2.24) is 15.0 Å². The lowest BCUT2D eigenvalue weighted by Crippen LogP contribution is -2.31. The average Bonchev–Trinajstić information content (AvgIpc) is 2.49. The third-order valence-electron chi connectivity index (χ3n) is 3.15. The molecule has 1 heterocycles. The first-order chi connectivity index (χ1) is 6.61. The molecule has 1 aromatic rings. The number of nitrogens with zero attached hydrogens (tertiary/aromatic N) is 3.